The number of halogens is 6. The molecule has 0 rings (SSSR count). The van der Waals surface area contributed by atoms with Crippen molar-refractivity contribution in [3.63, 3.8) is 0 Å². The second-order valence-corrected chi connectivity index (χ2v) is 2.62. The Morgan fingerprint density at radius 2 is 0.818 bits per heavy atom. The van der Waals surface area contributed by atoms with Gasteiger partial charge in [-0.15, -0.1) is 0 Å². The Labute approximate surface area is 59.2 Å². The van der Waals surface area contributed by atoms with Gasteiger partial charge in [0.15, 0.2) is 5.41 Å². The van der Waals surface area contributed by atoms with Crippen LogP contribution in [0.4, 0.5) is 26.3 Å². The topological polar surface area (TPSA) is 0 Å². The molecule has 0 fully saturated rings. The molecule has 0 amide bonds. The highest BCUT2D eigenvalue weighted by Crippen LogP contribution is 2.49. The van der Waals surface area contributed by atoms with E-state index in [9.17, 15) is 26.3 Å². The Kier molecular flexibility index (Phi) is 2.19. The lowest BCUT2D eigenvalue weighted by Crippen LogP contribution is -2.44. The Bertz CT molecular complexity index is 122. The summed E-state index contributed by atoms with van der Waals surface area (Å²) in [5.74, 6) is 0. The lowest BCUT2D eigenvalue weighted by atomic mass is 9.92. The molecule has 0 atom stereocenters. The minimum Gasteiger partial charge on any atom is -0.170 e. The molecule has 0 aliphatic rings. The third kappa shape index (κ3) is 1.78. The largest absolute Gasteiger partial charge is 0.402 e. The normalized spacial score (nSPS) is 15.3. The first-order valence-corrected chi connectivity index (χ1v) is 2.63. The number of hydrogen-bond acceptors (Lipinski definition) is 0. The third-order valence-corrected chi connectivity index (χ3v) is 1.42. The molecule has 0 unspecified atom stereocenters. The van der Waals surface area contributed by atoms with Crippen LogP contribution in [0.25, 0.3) is 0 Å². The zero-order chi connectivity index (χ0) is 9.50. The number of rotatable bonds is 0. The standard InChI is InChI=1S/C5H6F6/c1-3(2,4(6,7)8)5(9,10)11/h1-2H3. The molecule has 0 saturated carbocycles. The summed E-state index contributed by atoms with van der Waals surface area (Å²) >= 11 is 0. The average Bonchev–Trinajstić information content (AvgIpc) is 1.58. The molecule has 0 spiro atoms. The fourth-order valence-corrected chi connectivity index (χ4v) is 0.161. The molecular formula is C5H6F6. The highest BCUT2D eigenvalue weighted by molar-refractivity contribution is 4.84. The van der Waals surface area contributed by atoms with Gasteiger partial charge in [-0.3, -0.25) is 0 Å². The molecule has 0 aromatic rings. The first-order valence-electron chi connectivity index (χ1n) is 2.63. The summed E-state index contributed by atoms with van der Waals surface area (Å²) in [6.45, 7) is 0.208. The number of hydrogen-bond donors (Lipinski definition) is 0. The first kappa shape index (κ1) is 10.6. The Morgan fingerprint density at radius 1 is 0.636 bits per heavy atom. The van der Waals surface area contributed by atoms with Crippen molar-refractivity contribution in [3.05, 3.63) is 0 Å². The molecule has 0 saturated heterocycles. The van der Waals surface area contributed by atoms with Crippen molar-refractivity contribution in [2.45, 2.75) is 26.2 Å². The molecule has 11 heavy (non-hydrogen) atoms. The second-order valence-electron chi connectivity index (χ2n) is 2.62. The van der Waals surface area contributed by atoms with E-state index in [4.69, 9.17) is 0 Å². The minimum absolute atomic E-state index is 0.104. The average molecular weight is 180 g/mol. The summed E-state index contributed by atoms with van der Waals surface area (Å²) < 4.78 is 69.7. The summed E-state index contributed by atoms with van der Waals surface area (Å²) in [6.07, 6.45) is -10.5. The van der Waals surface area contributed by atoms with Crippen molar-refractivity contribution in [2.75, 3.05) is 0 Å². The summed E-state index contributed by atoms with van der Waals surface area (Å²) in [6, 6.07) is 0. The molecule has 0 aromatic carbocycles. The van der Waals surface area contributed by atoms with Gasteiger partial charge in [0.1, 0.15) is 0 Å². The van der Waals surface area contributed by atoms with E-state index in [2.05, 4.69) is 0 Å². The molecule has 68 valence electrons. The van der Waals surface area contributed by atoms with Gasteiger partial charge in [-0.25, -0.2) is 0 Å². The van der Waals surface area contributed by atoms with Crippen LogP contribution in [-0.4, -0.2) is 12.4 Å². The Morgan fingerprint density at radius 3 is 0.818 bits per heavy atom. The third-order valence-electron chi connectivity index (χ3n) is 1.42. The predicted molar refractivity (Wildman–Crippen MR) is 25.9 cm³/mol. The van der Waals surface area contributed by atoms with Crippen molar-refractivity contribution in [1.82, 2.24) is 0 Å². The molecule has 0 aliphatic carbocycles. The van der Waals surface area contributed by atoms with Gasteiger partial charge >= 0.3 is 12.4 Å². The van der Waals surface area contributed by atoms with E-state index in [1.54, 1.807) is 0 Å². The van der Waals surface area contributed by atoms with Crippen LogP contribution in [0.15, 0.2) is 0 Å². The number of alkyl halides is 6. The van der Waals surface area contributed by atoms with Crippen LogP contribution in [0.5, 0.6) is 0 Å². The van der Waals surface area contributed by atoms with Gasteiger partial charge in [0.05, 0.1) is 0 Å². The monoisotopic (exact) mass is 180 g/mol. The van der Waals surface area contributed by atoms with E-state index in [1.807, 2.05) is 0 Å². The van der Waals surface area contributed by atoms with Gasteiger partial charge in [0.2, 0.25) is 0 Å². The van der Waals surface area contributed by atoms with Gasteiger partial charge < -0.3 is 0 Å². The van der Waals surface area contributed by atoms with E-state index < -0.39 is 17.8 Å². The Hall–Kier alpha value is -0.420. The molecule has 0 radical (unpaired) electrons. The molecule has 0 aliphatic heterocycles. The molecule has 0 aromatic heterocycles. The lowest BCUT2D eigenvalue weighted by Gasteiger charge is -2.29. The van der Waals surface area contributed by atoms with Gasteiger partial charge in [-0.05, 0) is 13.8 Å². The molecule has 0 heterocycles. The minimum atomic E-state index is -5.24. The van der Waals surface area contributed by atoms with Crippen LogP contribution < -0.4 is 0 Å². The summed E-state index contributed by atoms with van der Waals surface area (Å²) in [5.41, 5.74) is -3.62. The maximum absolute atomic E-state index is 11.6. The summed E-state index contributed by atoms with van der Waals surface area (Å²) in [7, 11) is 0. The van der Waals surface area contributed by atoms with E-state index in [-0.39, 0.29) is 13.8 Å². The molecule has 0 N–H and O–H groups in total. The van der Waals surface area contributed by atoms with E-state index >= 15 is 0 Å². The molecule has 0 bridgehead atoms. The van der Waals surface area contributed by atoms with Gasteiger partial charge in [0, 0.05) is 0 Å². The fraction of sp³-hybridized carbons (Fsp3) is 1.00. The molecule has 0 nitrogen and oxygen atoms in total. The van der Waals surface area contributed by atoms with Crippen LogP contribution in [0.2, 0.25) is 0 Å². The van der Waals surface area contributed by atoms with Crippen LogP contribution in [0, 0.1) is 5.41 Å². The van der Waals surface area contributed by atoms with Gasteiger partial charge in [0.25, 0.3) is 0 Å². The van der Waals surface area contributed by atoms with Crippen molar-refractivity contribution < 1.29 is 26.3 Å². The van der Waals surface area contributed by atoms with E-state index in [0.717, 1.165) is 0 Å². The van der Waals surface area contributed by atoms with Crippen molar-refractivity contribution >= 4 is 0 Å². The van der Waals surface area contributed by atoms with Crippen LogP contribution in [-0.2, 0) is 0 Å². The fourth-order valence-electron chi connectivity index (χ4n) is 0.161. The maximum Gasteiger partial charge on any atom is 0.402 e. The highest BCUT2D eigenvalue weighted by Gasteiger charge is 2.64. The van der Waals surface area contributed by atoms with E-state index in [0.29, 0.717) is 0 Å². The van der Waals surface area contributed by atoms with Crippen molar-refractivity contribution in [2.24, 2.45) is 5.41 Å². The van der Waals surface area contributed by atoms with Crippen LogP contribution in [0.3, 0.4) is 0 Å². The first-order chi connectivity index (χ1) is 4.50. The summed E-state index contributed by atoms with van der Waals surface area (Å²) in [4.78, 5) is 0. The smallest absolute Gasteiger partial charge is 0.170 e. The summed E-state index contributed by atoms with van der Waals surface area (Å²) in [5, 5.41) is 0. The Balaban J connectivity index is 4.75. The lowest BCUT2D eigenvalue weighted by molar-refractivity contribution is -0.327. The maximum atomic E-state index is 11.6. The SMILES string of the molecule is CC(C)(C(F)(F)F)C(F)(F)F. The zero-order valence-corrected chi connectivity index (χ0v) is 5.77. The zero-order valence-electron chi connectivity index (χ0n) is 5.77. The predicted octanol–water partition coefficient (Wildman–Crippen LogP) is 3.14. The van der Waals surface area contributed by atoms with Gasteiger partial charge in [-0.2, -0.15) is 26.3 Å². The quantitative estimate of drug-likeness (QED) is 0.502. The second kappa shape index (κ2) is 2.28. The molecular weight excluding hydrogens is 174 g/mol. The van der Waals surface area contributed by atoms with Gasteiger partial charge in [-0.1, -0.05) is 0 Å². The highest BCUT2D eigenvalue weighted by atomic mass is 19.4. The van der Waals surface area contributed by atoms with Crippen LogP contribution >= 0.6 is 0 Å². The van der Waals surface area contributed by atoms with Crippen LogP contribution in [0.1, 0.15) is 13.8 Å². The van der Waals surface area contributed by atoms with E-state index in [1.165, 1.54) is 0 Å². The molecule has 6 heteroatoms. The van der Waals surface area contributed by atoms with Crippen molar-refractivity contribution in [3.8, 4) is 0 Å². The van der Waals surface area contributed by atoms with Crippen molar-refractivity contribution in [1.29, 1.82) is 0 Å².